The molecule has 78 valence electrons. The topological polar surface area (TPSA) is 29.3 Å². The molecule has 0 spiro atoms. The van der Waals surface area contributed by atoms with Crippen molar-refractivity contribution >= 4 is 0 Å². The molecule has 0 saturated heterocycles. The molecular weight excluding hydrogens is 172 g/mol. The first-order valence-corrected chi connectivity index (χ1v) is 5.08. The molecule has 2 unspecified atom stereocenters. The van der Waals surface area contributed by atoms with Crippen molar-refractivity contribution in [3.8, 4) is 0 Å². The van der Waals surface area contributed by atoms with Crippen LogP contribution in [0.4, 0.5) is 0 Å². The van der Waals surface area contributed by atoms with Crippen molar-refractivity contribution in [2.45, 2.75) is 25.4 Å². The van der Waals surface area contributed by atoms with E-state index in [2.05, 4.69) is 50.2 Å². The number of hydrogen-bond donors (Lipinski definition) is 1. The maximum absolute atomic E-state index is 5.84. The van der Waals surface area contributed by atoms with E-state index in [0.29, 0.717) is 6.04 Å². The van der Waals surface area contributed by atoms with Gasteiger partial charge in [0.1, 0.15) is 0 Å². The summed E-state index contributed by atoms with van der Waals surface area (Å²) in [6.45, 7) is 2.06. The average Bonchev–Trinajstić information content (AvgIpc) is 2.15. The van der Waals surface area contributed by atoms with Crippen LogP contribution in [0.1, 0.15) is 24.9 Å². The molecule has 14 heavy (non-hydrogen) atoms. The van der Waals surface area contributed by atoms with Gasteiger partial charge in [0.05, 0.1) is 0 Å². The lowest BCUT2D eigenvalue weighted by Gasteiger charge is -2.26. The van der Waals surface area contributed by atoms with E-state index < -0.39 is 0 Å². The monoisotopic (exact) mass is 192 g/mol. The average molecular weight is 192 g/mol. The van der Waals surface area contributed by atoms with Crippen molar-refractivity contribution in [1.29, 1.82) is 0 Å². The number of rotatable bonds is 4. The summed E-state index contributed by atoms with van der Waals surface area (Å²) >= 11 is 0. The molecule has 1 rings (SSSR count). The Labute approximate surface area is 86.7 Å². The van der Waals surface area contributed by atoms with Gasteiger partial charge in [-0.15, -0.1) is 0 Å². The molecule has 2 heteroatoms. The zero-order valence-corrected chi connectivity index (χ0v) is 9.27. The first-order chi connectivity index (χ1) is 6.61. The van der Waals surface area contributed by atoms with Crippen molar-refractivity contribution in [2.75, 3.05) is 14.1 Å². The number of hydrogen-bond acceptors (Lipinski definition) is 2. The predicted molar refractivity (Wildman–Crippen MR) is 61.1 cm³/mol. The second-order valence-electron chi connectivity index (χ2n) is 4.10. The smallest absolute Gasteiger partial charge is 0.0356 e. The van der Waals surface area contributed by atoms with Crippen LogP contribution in [0.15, 0.2) is 30.3 Å². The molecule has 2 N–H and O–H groups in total. The van der Waals surface area contributed by atoms with E-state index >= 15 is 0 Å². The predicted octanol–water partition coefficient (Wildman–Crippen LogP) is 2.03. The molecule has 0 amide bonds. The molecule has 0 bridgehead atoms. The Bertz CT molecular complexity index is 254. The second kappa shape index (κ2) is 5.13. The van der Waals surface area contributed by atoms with Crippen molar-refractivity contribution in [2.24, 2.45) is 5.73 Å². The fraction of sp³-hybridized carbons (Fsp3) is 0.500. The third-order valence-electron chi connectivity index (χ3n) is 2.40. The summed E-state index contributed by atoms with van der Waals surface area (Å²) in [4.78, 5) is 2.22. The molecule has 0 fully saturated rings. The molecule has 0 aromatic heterocycles. The molecule has 0 aliphatic carbocycles. The lowest BCUT2D eigenvalue weighted by Crippen LogP contribution is -2.27. The number of nitrogens with zero attached hydrogens (tertiary/aromatic N) is 1. The third-order valence-corrected chi connectivity index (χ3v) is 2.40. The van der Waals surface area contributed by atoms with Gasteiger partial charge in [0.2, 0.25) is 0 Å². The summed E-state index contributed by atoms with van der Waals surface area (Å²) in [5.74, 6) is 0. The summed E-state index contributed by atoms with van der Waals surface area (Å²) in [5.41, 5.74) is 7.18. The minimum atomic E-state index is 0.239. The zero-order chi connectivity index (χ0) is 10.6. The maximum Gasteiger partial charge on any atom is 0.0356 e. The van der Waals surface area contributed by atoms with E-state index in [-0.39, 0.29) is 6.04 Å². The molecule has 2 nitrogen and oxygen atoms in total. The fourth-order valence-electron chi connectivity index (χ4n) is 1.67. The van der Waals surface area contributed by atoms with Crippen LogP contribution < -0.4 is 5.73 Å². The van der Waals surface area contributed by atoms with E-state index in [4.69, 9.17) is 5.73 Å². The van der Waals surface area contributed by atoms with Gasteiger partial charge >= 0.3 is 0 Å². The summed E-state index contributed by atoms with van der Waals surface area (Å²) in [7, 11) is 4.19. The molecule has 1 aromatic carbocycles. The standard InChI is InChI=1S/C12H20N2/c1-10(13)9-12(14(2)3)11-7-5-4-6-8-11/h4-8,10,12H,9,13H2,1-3H3. The van der Waals surface area contributed by atoms with Crippen molar-refractivity contribution in [3.63, 3.8) is 0 Å². The summed E-state index contributed by atoms with van der Waals surface area (Å²) in [5, 5.41) is 0. The van der Waals surface area contributed by atoms with Gasteiger partial charge in [-0.25, -0.2) is 0 Å². The minimum absolute atomic E-state index is 0.239. The lowest BCUT2D eigenvalue weighted by atomic mass is 9.99. The van der Waals surface area contributed by atoms with Gasteiger partial charge in [-0.05, 0) is 33.0 Å². The second-order valence-corrected chi connectivity index (χ2v) is 4.10. The van der Waals surface area contributed by atoms with Gasteiger partial charge < -0.3 is 10.6 Å². The normalized spacial score (nSPS) is 15.5. The zero-order valence-electron chi connectivity index (χ0n) is 9.27. The van der Waals surface area contributed by atoms with Gasteiger partial charge in [0, 0.05) is 12.1 Å². The quantitative estimate of drug-likeness (QED) is 0.791. The Morgan fingerprint density at radius 1 is 1.21 bits per heavy atom. The molecule has 0 radical (unpaired) electrons. The first-order valence-electron chi connectivity index (χ1n) is 5.08. The van der Waals surface area contributed by atoms with E-state index in [1.807, 2.05) is 6.07 Å². The van der Waals surface area contributed by atoms with Gasteiger partial charge in [-0.2, -0.15) is 0 Å². The summed E-state index contributed by atoms with van der Waals surface area (Å²) < 4.78 is 0. The van der Waals surface area contributed by atoms with Gasteiger partial charge in [0.15, 0.2) is 0 Å². The summed E-state index contributed by atoms with van der Waals surface area (Å²) in [6, 6.07) is 11.2. The van der Waals surface area contributed by atoms with Crippen LogP contribution in [-0.4, -0.2) is 25.0 Å². The Kier molecular flexibility index (Phi) is 4.11. The number of nitrogens with two attached hydrogens (primary N) is 1. The Morgan fingerprint density at radius 2 is 1.79 bits per heavy atom. The Morgan fingerprint density at radius 3 is 2.21 bits per heavy atom. The molecule has 0 heterocycles. The van der Waals surface area contributed by atoms with Crippen molar-refractivity contribution in [3.05, 3.63) is 35.9 Å². The van der Waals surface area contributed by atoms with E-state index in [1.54, 1.807) is 0 Å². The Hall–Kier alpha value is -0.860. The van der Waals surface area contributed by atoms with Gasteiger partial charge in [-0.3, -0.25) is 0 Å². The van der Waals surface area contributed by atoms with Gasteiger partial charge in [0.25, 0.3) is 0 Å². The Balaban J connectivity index is 2.78. The van der Waals surface area contributed by atoms with Crippen LogP contribution >= 0.6 is 0 Å². The third kappa shape index (κ3) is 3.13. The highest BCUT2D eigenvalue weighted by Gasteiger charge is 2.14. The lowest BCUT2D eigenvalue weighted by molar-refractivity contribution is 0.272. The molecular formula is C12H20N2. The molecule has 0 saturated carbocycles. The van der Waals surface area contributed by atoms with Crippen LogP contribution in [0, 0.1) is 0 Å². The highest BCUT2D eigenvalue weighted by Crippen LogP contribution is 2.22. The van der Waals surface area contributed by atoms with Crippen LogP contribution in [0.3, 0.4) is 0 Å². The van der Waals surface area contributed by atoms with Crippen molar-refractivity contribution in [1.82, 2.24) is 4.90 Å². The molecule has 2 atom stereocenters. The van der Waals surface area contributed by atoms with Crippen LogP contribution in [0.5, 0.6) is 0 Å². The summed E-state index contributed by atoms with van der Waals surface area (Å²) in [6.07, 6.45) is 0.997. The van der Waals surface area contributed by atoms with Gasteiger partial charge in [-0.1, -0.05) is 30.3 Å². The first kappa shape index (κ1) is 11.2. The van der Waals surface area contributed by atoms with E-state index in [9.17, 15) is 0 Å². The molecule has 0 aliphatic heterocycles. The van der Waals surface area contributed by atoms with Crippen LogP contribution in [0.2, 0.25) is 0 Å². The van der Waals surface area contributed by atoms with E-state index in [1.165, 1.54) is 5.56 Å². The fourth-order valence-corrected chi connectivity index (χ4v) is 1.67. The highest BCUT2D eigenvalue weighted by molar-refractivity contribution is 5.19. The van der Waals surface area contributed by atoms with Crippen LogP contribution in [0.25, 0.3) is 0 Å². The minimum Gasteiger partial charge on any atom is -0.328 e. The highest BCUT2D eigenvalue weighted by atomic mass is 15.1. The maximum atomic E-state index is 5.84. The van der Waals surface area contributed by atoms with Crippen molar-refractivity contribution < 1.29 is 0 Å². The largest absolute Gasteiger partial charge is 0.328 e. The van der Waals surface area contributed by atoms with E-state index in [0.717, 1.165) is 6.42 Å². The van der Waals surface area contributed by atoms with Crippen LogP contribution in [-0.2, 0) is 0 Å². The molecule has 0 aliphatic rings. The number of benzene rings is 1. The molecule has 1 aromatic rings. The SMILES string of the molecule is CC(N)CC(c1ccccc1)N(C)C.